The Morgan fingerprint density at radius 2 is 1.58 bits per heavy atom. The fourth-order valence-corrected chi connectivity index (χ4v) is 3.37. The number of urea groups is 1. The van der Waals surface area contributed by atoms with Gasteiger partial charge in [-0.1, -0.05) is 17.7 Å². The molecule has 0 radical (unpaired) electrons. The maximum absolute atomic E-state index is 13.1. The van der Waals surface area contributed by atoms with Gasteiger partial charge in [-0.3, -0.25) is 0 Å². The Hall–Kier alpha value is -4.32. The summed E-state index contributed by atoms with van der Waals surface area (Å²) in [5.41, 5.74) is 1.32. The van der Waals surface area contributed by atoms with Gasteiger partial charge in [0.15, 0.2) is 5.82 Å². The van der Waals surface area contributed by atoms with Gasteiger partial charge < -0.3 is 16.0 Å². The zero-order chi connectivity index (χ0) is 25.9. The molecule has 0 saturated heterocycles. The Balaban J connectivity index is 1.51. The number of halogens is 4. The molecule has 0 bridgehead atoms. The number of hydrogen-bond acceptors (Lipinski definition) is 7. The second-order valence-corrected chi connectivity index (χ2v) is 7.99. The summed E-state index contributed by atoms with van der Waals surface area (Å²) in [5, 5.41) is 7.61. The zero-order valence-electron chi connectivity index (χ0n) is 18.9. The number of carbonyl (C=O) groups is 1. The van der Waals surface area contributed by atoms with Crippen molar-refractivity contribution in [1.82, 2.24) is 24.9 Å². The largest absolute Gasteiger partial charge is 0.417 e. The van der Waals surface area contributed by atoms with Gasteiger partial charge in [0.1, 0.15) is 12.2 Å². The summed E-state index contributed by atoms with van der Waals surface area (Å²) < 4.78 is 39.2. The number of amides is 2. The summed E-state index contributed by atoms with van der Waals surface area (Å²) in [6, 6.07) is 7.42. The Morgan fingerprint density at radius 1 is 0.917 bits per heavy atom. The van der Waals surface area contributed by atoms with Crippen molar-refractivity contribution in [2.24, 2.45) is 0 Å². The van der Waals surface area contributed by atoms with E-state index >= 15 is 0 Å². The molecule has 0 unspecified atom stereocenters. The minimum Gasteiger partial charge on any atom is -0.324 e. The van der Waals surface area contributed by atoms with Gasteiger partial charge in [-0.15, -0.1) is 0 Å². The zero-order valence-corrected chi connectivity index (χ0v) is 19.6. The third-order valence-electron chi connectivity index (χ3n) is 4.84. The van der Waals surface area contributed by atoms with Crippen LogP contribution in [0.25, 0.3) is 11.4 Å². The van der Waals surface area contributed by atoms with E-state index in [1.165, 1.54) is 12.4 Å². The highest BCUT2D eigenvalue weighted by Crippen LogP contribution is 2.36. The summed E-state index contributed by atoms with van der Waals surface area (Å²) >= 11 is 5.62. The molecule has 2 heterocycles. The highest BCUT2D eigenvalue weighted by molar-refractivity contribution is 6.31. The number of aryl methyl sites for hydroxylation is 2. The van der Waals surface area contributed by atoms with E-state index in [-0.39, 0.29) is 11.6 Å². The lowest BCUT2D eigenvalue weighted by atomic mass is 10.2. The van der Waals surface area contributed by atoms with Crippen LogP contribution in [0.5, 0.6) is 0 Å². The van der Waals surface area contributed by atoms with Crippen LogP contribution in [0.1, 0.15) is 17.0 Å². The van der Waals surface area contributed by atoms with E-state index in [2.05, 4.69) is 40.9 Å². The lowest BCUT2D eigenvalue weighted by Gasteiger charge is -2.14. The van der Waals surface area contributed by atoms with E-state index < -0.39 is 22.8 Å². The Bertz CT molecular complexity index is 1420. The fourth-order valence-electron chi connectivity index (χ4n) is 3.15. The van der Waals surface area contributed by atoms with Crippen molar-refractivity contribution in [2.45, 2.75) is 20.0 Å². The standard InChI is InChI=1S/C23H18ClF3N8O/c1-12-3-4-16(33-22(36)32-15-5-6-18(24)17(7-15)23(25,26)27)8-19(12)34-21-31-13(2)30-20(35-21)14-9-28-11-29-10-14/h3-11H,1-2H3,(H2,32,33,36)(H,30,31,34,35). The average Bonchev–Trinajstić information content (AvgIpc) is 2.82. The lowest BCUT2D eigenvalue weighted by Crippen LogP contribution is -2.20. The average molecular weight is 515 g/mol. The van der Waals surface area contributed by atoms with E-state index in [0.29, 0.717) is 28.6 Å². The topological polar surface area (TPSA) is 118 Å². The van der Waals surface area contributed by atoms with Gasteiger partial charge in [0, 0.05) is 29.5 Å². The highest BCUT2D eigenvalue weighted by Gasteiger charge is 2.33. The first-order chi connectivity index (χ1) is 17.1. The number of benzene rings is 2. The van der Waals surface area contributed by atoms with Crippen LogP contribution in [0, 0.1) is 13.8 Å². The molecule has 13 heteroatoms. The van der Waals surface area contributed by atoms with Crippen molar-refractivity contribution in [1.29, 1.82) is 0 Å². The molecule has 4 aromatic rings. The molecule has 184 valence electrons. The van der Waals surface area contributed by atoms with Crippen LogP contribution < -0.4 is 16.0 Å². The number of nitrogens with zero attached hydrogens (tertiary/aromatic N) is 5. The van der Waals surface area contributed by atoms with Crippen LogP contribution in [-0.4, -0.2) is 31.0 Å². The second-order valence-electron chi connectivity index (χ2n) is 7.58. The molecule has 0 fully saturated rings. The predicted molar refractivity (Wildman–Crippen MR) is 129 cm³/mol. The normalized spacial score (nSPS) is 11.2. The van der Waals surface area contributed by atoms with E-state index in [9.17, 15) is 18.0 Å². The quantitative estimate of drug-likeness (QED) is 0.299. The number of rotatable bonds is 5. The van der Waals surface area contributed by atoms with Gasteiger partial charge in [0.25, 0.3) is 0 Å². The molecule has 0 saturated carbocycles. The number of alkyl halides is 3. The third-order valence-corrected chi connectivity index (χ3v) is 5.17. The van der Waals surface area contributed by atoms with Crippen molar-refractivity contribution in [2.75, 3.05) is 16.0 Å². The molecular formula is C23H18ClF3N8O. The van der Waals surface area contributed by atoms with Gasteiger partial charge in [0.05, 0.1) is 16.1 Å². The summed E-state index contributed by atoms with van der Waals surface area (Å²) in [5.74, 6) is 1.13. The third kappa shape index (κ3) is 6.02. The molecule has 3 N–H and O–H groups in total. The molecule has 0 spiro atoms. The molecule has 0 aliphatic heterocycles. The fraction of sp³-hybridized carbons (Fsp3) is 0.130. The van der Waals surface area contributed by atoms with Crippen LogP contribution in [0.3, 0.4) is 0 Å². The first kappa shape index (κ1) is 24.8. The molecular weight excluding hydrogens is 497 g/mol. The molecule has 4 rings (SSSR count). The van der Waals surface area contributed by atoms with E-state index in [4.69, 9.17) is 11.6 Å². The van der Waals surface area contributed by atoms with Crippen molar-refractivity contribution in [3.8, 4) is 11.4 Å². The van der Waals surface area contributed by atoms with Gasteiger partial charge in [-0.05, 0) is 49.7 Å². The van der Waals surface area contributed by atoms with Crippen molar-refractivity contribution < 1.29 is 18.0 Å². The summed E-state index contributed by atoms with van der Waals surface area (Å²) in [6.45, 7) is 3.56. The van der Waals surface area contributed by atoms with Crippen molar-refractivity contribution in [3.05, 3.63) is 77.1 Å². The van der Waals surface area contributed by atoms with E-state index in [1.807, 2.05) is 6.92 Å². The minimum atomic E-state index is -4.65. The minimum absolute atomic E-state index is 0.0623. The monoisotopic (exact) mass is 514 g/mol. The molecule has 2 aromatic heterocycles. The first-order valence-electron chi connectivity index (χ1n) is 10.4. The van der Waals surface area contributed by atoms with Crippen LogP contribution in [0.4, 0.5) is 41.0 Å². The van der Waals surface area contributed by atoms with Crippen LogP contribution in [-0.2, 0) is 6.18 Å². The molecule has 0 aliphatic rings. The van der Waals surface area contributed by atoms with Gasteiger partial charge in [-0.25, -0.2) is 19.7 Å². The van der Waals surface area contributed by atoms with E-state index in [0.717, 1.165) is 17.7 Å². The summed E-state index contributed by atoms with van der Waals surface area (Å²) in [7, 11) is 0. The van der Waals surface area contributed by atoms with Crippen molar-refractivity contribution >= 4 is 40.6 Å². The van der Waals surface area contributed by atoms with Gasteiger partial charge >= 0.3 is 12.2 Å². The van der Waals surface area contributed by atoms with Gasteiger partial charge in [-0.2, -0.15) is 23.1 Å². The summed E-state index contributed by atoms with van der Waals surface area (Å²) in [6.07, 6.45) is -0.0862. The lowest BCUT2D eigenvalue weighted by molar-refractivity contribution is -0.137. The molecule has 0 atom stereocenters. The maximum atomic E-state index is 13.1. The Kier molecular flexibility index (Phi) is 6.97. The number of nitrogens with one attached hydrogen (secondary N) is 3. The highest BCUT2D eigenvalue weighted by atomic mass is 35.5. The van der Waals surface area contributed by atoms with Crippen molar-refractivity contribution in [3.63, 3.8) is 0 Å². The first-order valence-corrected chi connectivity index (χ1v) is 10.8. The van der Waals surface area contributed by atoms with E-state index in [1.54, 1.807) is 37.5 Å². The number of hydrogen-bond donors (Lipinski definition) is 3. The van der Waals surface area contributed by atoms with Crippen LogP contribution >= 0.6 is 11.6 Å². The predicted octanol–water partition coefficient (Wildman–Crippen LogP) is 6.01. The molecule has 9 nitrogen and oxygen atoms in total. The SMILES string of the molecule is Cc1nc(Nc2cc(NC(=O)Nc3ccc(Cl)c(C(F)(F)F)c3)ccc2C)nc(-c2cncnc2)n1. The Labute approximate surface area is 208 Å². The maximum Gasteiger partial charge on any atom is 0.417 e. The van der Waals surface area contributed by atoms with Crippen LogP contribution in [0.2, 0.25) is 5.02 Å². The number of aromatic nitrogens is 5. The molecule has 36 heavy (non-hydrogen) atoms. The van der Waals surface area contributed by atoms with Crippen LogP contribution in [0.15, 0.2) is 55.1 Å². The molecule has 2 amide bonds. The number of carbonyl (C=O) groups excluding carboxylic acids is 1. The number of anilines is 4. The smallest absolute Gasteiger partial charge is 0.324 e. The molecule has 0 aliphatic carbocycles. The second kappa shape index (κ2) is 10.1. The summed E-state index contributed by atoms with van der Waals surface area (Å²) in [4.78, 5) is 33.4. The Morgan fingerprint density at radius 3 is 2.28 bits per heavy atom. The van der Waals surface area contributed by atoms with Gasteiger partial charge in [0.2, 0.25) is 5.95 Å². The molecule has 2 aromatic carbocycles.